The molecule has 2 rings (SSSR count). The molecule has 0 bridgehead atoms. The van der Waals surface area contributed by atoms with Crippen molar-refractivity contribution in [1.29, 1.82) is 0 Å². The Morgan fingerprint density at radius 1 is 1.21 bits per heavy atom. The van der Waals surface area contributed by atoms with Gasteiger partial charge in [0.05, 0.1) is 7.11 Å². The molecule has 1 aromatic carbocycles. The zero-order chi connectivity index (χ0) is 14.0. The number of rotatable bonds is 2. The van der Waals surface area contributed by atoms with Crippen LogP contribution in [0.25, 0.3) is 6.08 Å². The standard InChI is InChI=1S/C15H17NO3/c1-15(2,3)14-16-12(13(17)19-14)9-10-5-7-11(18-4)8-6-10/h5-9H,1-4H3. The number of carbonyl (C=O) groups is 1. The molecule has 0 saturated carbocycles. The molecular weight excluding hydrogens is 242 g/mol. The maximum absolute atomic E-state index is 11.7. The van der Waals surface area contributed by atoms with Crippen LogP contribution in [0, 0.1) is 5.41 Å². The van der Waals surface area contributed by atoms with Gasteiger partial charge in [-0.15, -0.1) is 0 Å². The van der Waals surface area contributed by atoms with Crippen molar-refractivity contribution in [3.05, 3.63) is 35.5 Å². The van der Waals surface area contributed by atoms with Gasteiger partial charge < -0.3 is 9.47 Å². The highest BCUT2D eigenvalue weighted by Gasteiger charge is 2.31. The van der Waals surface area contributed by atoms with Crippen molar-refractivity contribution in [3.63, 3.8) is 0 Å². The van der Waals surface area contributed by atoms with Crippen LogP contribution in [-0.4, -0.2) is 19.0 Å². The molecule has 0 unspecified atom stereocenters. The zero-order valence-electron chi connectivity index (χ0n) is 11.6. The minimum absolute atomic E-state index is 0.273. The van der Waals surface area contributed by atoms with Gasteiger partial charge >= 0.3 is 5.97 Å². The Labute approximate surface area is 112 Å². The quantitative estimate of drug-likeness (QED) is 0.606. The lowest BCUT2D eigenvalue weighted by molar-refractivity contribution is -0.130. The van der Waals surface area contributed by atoms with Crippen molar-refractivity contribution in [2.45, 2.75) is 20.8 Å². The third kappa shape index (κ3) is 3.02. The molecule has 1 aliphatic rings. The van der Waals surface area contributed by atoms with E-state index in [9.17, 15) is 4.79 Å². The third-order valence-corrected chi connectivity index (χ3v) is 2.68. The van der Waals surface area contributed by atoms with Gasteiger partial charge in [0.15, 0.2) is 5.70 Å². The molecule has 0 radical (unpaired) electrons. The van der Waals surface area contributed by atoms with E-state index in [2.05, 4.69) is 4.99 Å². The Morgan fingerprint density at radius 3 is 2.32 bits per heavy atom. The molecule has 1 aromatic rings. The molecule has 19 heavy (non-hydrogen) atoms. The molecule has 1 aliphatic heterocycles. The van der Waals surface area contributed by atoms with Crippen molar-refractivity contribution in [1.82, 2.24) is 0 Å². The number of ether oxygens (including phenoxy) is 2. The first kappa shape index (κ1) is 13.3. The molecule has 0 fully saturated rings. The Balaban J connectivity index is 2.27. The van der Waals surface area contributed by atoms with Crippen molar-refractivity contribution in [3.8, 4) is 5.75 Å². The number of hydrogen-bond acceptors (Lipinski definition) is 4. The second kappa shape index (κ2) is 4.88. The number of benzene rings is 1. The molecule has 0 N–H and O–H groups in total. The number of cyclic esters (lactones) is 1. The van der Waals surface area contributed by atoms with Gasteiger partial charge in [0, 0.05) is 5.41 Å². The molecule has 0 amide bonds. The van der Waals surface area contributed by atoms with E-state index in [-0.39, 0.29) is 5.41 Å². The van der Waals surface area contributed by atoms with Crippen molar-refractivity contribution >= 4 is 17.9 Å². The van der Waals surface area contributed by atoms with Crippen LogP contribution in [0.5, 0.6) is 5.75 Å². The molecule has 0 aliphatic carbocycles. The van der Waals surface area contributed by atoms with Gasteiger partial charge in [0.25, 0.3) is 0 Å². The van der Waals surface area contributed by atoms with Crippen LogP contribution in [0.3, 0.4) is 0 Å². The lowest BCUT2D eigenvalue weighted by Gasteiger charge is -2.15. The fourth-order valence-corrected chi connectivity index (χ4v) is 1.59. The van der Waals surface area contributed by atoms with Crippen LogP contribution in [-0.2, 0) is 9.53 Å². The predicted octanol–water partition coefficient (Wildman–Crippen LogP) is 3.04. The van der Waals surface area contributed by atoms with Crippen LogP contribution in [0.1, 0.15) is 26.3 Å². The zero-order valence-corrected chi connectivity index (χ0v) is 11.6. The Kier molecular flexibility index (Phi) is 3.42. The minimum atomic E-state index is -0.402. The molecule has 1 heterocycles. The largest absolute Gasteiger partial charge is 0.497 e. The van der Waals surface area contributed by atoms with Crippen LogP contribution in [0.4, 0.5) is 0 Å². The Hall–Kier alpha value is -2.10. The first-order chi connectivity index (χ1) is 8.90. The van der Waals surface area contributed by atoms with Crippen molar-refractivity contribution in [2.24, 2.45) is 10.4 Å². The fourth-order valence-electron chi connectivity index (χ4n) is 1.59. The molecule has 0 aromatic heterocycles. The smallest absolute Gasteiger partial charge is 0.363 e. The summed E-state index contributed by atoms with van der Waals surface area (Å²) in [5, 5.41) is 0. The van der Waals surface area contributed by atoms with Gasteiger partial charge in [-0.3, -0.25) is 0 Å². The molecule has 4 heteroatoms. The molecule has 4 nitrogen and oxygen atoms in total. The number of methoxy groups -OCH3 is 1. The molecule has 100 valence electrons. The summed E-state index contributed by atoms with van der Waals surface area (Å²) in [5.41, 5.74) is 0.937. The lowest BCUT2D eigenvalue weighted by atomic mass is 9.97. The van der Waals surface area contributed by atoms with E-state index in [1.54, 1.807) is 13.2 Å². The summed E-state index contributed by atoms with van der Waals surface area (Å²) in [4.78, 5) is 16.0. The van der Waals surface area contributed by atoms with Crippen LogP contribution < -0.4 is 4.74 Å². The number of esters is 1. The maximum Gasteiger partial charge on any atom is 0.363 e. The second-order valence-corrected chi connectivity index (χ2v) is 5.36. The normalized spacial score (nSPS) is 17.4. The monoisotopic (exact) mass is 259 g/mol. The summed E-state index contributed by atoms with van der Waals surface area (Å²) < 4.78 is 10.3. The van der Waals surface area contributed by atoms with Crippen LogP contribution >= 0.6 is 0 Å². The van der Waals surface area contributed by atoms with Gasteiger partial charge in [-0.1, -0.05) is 32.9 Å². The van der Waals surface area contributed by atoms with Gasteiger partial charge in [-0.2, -0.15) is 0 Å². The second-order valence-electron chi connectivity index (χ2n) is 5.36. The van der Waals surface area contributed by atoms with E-state index >= 15 is 0 Å². The predicted molar refractivity (Wildman–Crippen MR) is 74.0 cm³/mol. The van der Waals surface area contributed by atoms with E-state index in [0.717, 1.165) is 11.3 Å². The minimum Gasteiger partial charge on any atom is -0.497 e. The topological polar surface area (TPSA) is 47.9 Å². The van der Waals surface area contributed by atoms with E-state index in [1.165, 1.54) is 0 Å². The summed E-state index contributed by atoms with van der Waals surface area (Å²) in [6, 6.07) is 7.40. The van der Waals surface area contributed by atoms with E-state index in [0.29, 0.717) is 11.6 Å². The average molecular weight is 259 g/mol. The molecule has 0 spiro atoms. The highest BCUT2D eigenvalue weighted by Crippen LogP contribution is 2.25. The Bertz CT molecular complexity index is 548. The lowest BCUT2D eigenvalue weighted by Crippen LogP contribution is -2.21. The molecule has 0 saturated heterocycles. The molecular formula is C15H17NO3. The van der Waals surface area contributed by atoms with Gasteiger partial charge in [0.1, 0.15) is 5.75 Å². The SMILES string of the molecule is COc1ccc(C=C2N=C(C(C)(C)C)OC2=O)cc1. The van der Waals surface area contributed by atoms with E-state index in [4.69, 9.17) is 9.47 Å². The third-order valence-electron chi connectivity index (χ3n) is 2.68. The van der Waals surface area contributed by atoms with Gasteiger partial charge in [-0.05, 0) is 23.8 Å². The van der Waals surface area contributed by atoms with E-state index < -0.39 is 5.97 Å². The summed E-state index contributed by atoms with van der Waals surface area (Å²) >= 11 is 0. The molecule has 0 atom stereocenters. The Morgan fingerprint density at radius 2 is 1.84 bits per heavy atom. The van der Waals surface area contributed by atoms with Gasteiger partial charge in [-0.25, -0.2) is 9.79 Å². The summed E-state index contributed by atoms with van der Waals surface area (Å²) in [6.45, 7) is 5.86. The van der Waals surface area contributed by atoms with Crippen molar-refractivity contribution in [2.75, 3.05) is 7.11 Å². The summed E-state index contributed by atoms with van der Waals surface area (Å²) in [7, 11) is 1.61. The summed E-state index contributed by atoms with van der Waals surface area (Å²) in [5.74, 6) is 0.827. The maximum atomic E-state index is 11.7. The van der Waals surface area contributed by atoms with Crippen molar-refractivity contribution < 1.29 is 14.3 Å². The number of aliphatic imine (C=N–C) groups is 1. The van der Waals surface area contributed by atoms with Crippen LogP contribution in [0.15, 0.2) is 35.0 Å². The highest BCUT2D eigenvalue weighted by atomic mass is 16.6. The number of carbonyl (C=O) groups excluding carboxylic acids is 1. The average Bonchev–Trinajstić information content (AvgIpc) is 2.72. The summed E-state index contributed by atoms with van der Waals surface area (Å²) in [6.07, 6.45) is 1.71. The number of hydrogen-bond donors (Lipinski definition) is 0. The highest BCUT2D eigenvalue weighted by molar-refractivity contribution is 6.08. The van der Waals surface area contributed by atoms with E-state index in [1.807, 2.05) is 45.0 Å². The number of nitrogens with zero attached hydrogens (tertiary/aromatic N) is 1. The fraction of sp³-hybridized carbons (Fsp3) is 0.333. The van der Waals surface area contributed by atoms with Crippen LogP contribution in [0.2, 0.25) is 0 Å². The first-order valence-corrected chi connectivity index (χ1v) is 6.07. The first-order valence-electron chi connectivity index (χ1n) is 6.07. The van der Waals surface area contributed by atoms with Gasteiger partial charge in [0.2, 0.25) is 5.90 Å².